The van der Waals surface area contributed by atoms with Crippen molar-refractivity contribution in [3.63, 3.8) is 0 Å². The number of rotatable bonds is 8. The van der Waals surface area contributed by atoms with Crippen LogP contribution < -0.4 is 4.74 Å². The minimum absolute atomic E-state index is 0.00886. The van der Waals surface area contributed by atoms with Gasteiger partial charge in [-0.3, -0.25) is 0 Å². The molecule has 2 nitrogen and oxygen atoms in total. The quantitative estimate of drug-likeness (QED) is 0.353. The molecule has 1 heterocycles. The molecule has 2 aliphatic rings. The zero-order chi connectivity index (χ0) is 19.9. The maximum atomic E-state index is 14.5. The van der Waals surface area contributed by atoms with Crippen molar-refractivity contribution in [1.82, 2.24) is 0 Å². The first kappa shape index (κ1) is 21.3. The summed E-state index contributed by atoms with van der Waals surface area (Å²) in [6, 6.07) is 3.27. The SMILES string of the molecule is CCCCCC1=CCC(C2CCC(c3ccc(OCC)c(F)c3F)CC2)OC1. The van der Waals surface area contributed by atoms with Crippen LogP contribution in [0.5, 0.6) is 5.75 Å². The fourth-order valence-electron chi connectivity index (χ4n) is 4.66. The van der Waals surface area contributed by atoms with Crippen molar-refractivity contribution in [2.24, 2.45) is 5.92 Å². The lowest BCUT2D eigenvalue weighted by molar-refractivity contribution is 0.00342. The molecule has 1 unspecified atom stereocenters. The minimum atomic E-state index is -0.849. The van der Waals surface area contributed by atoms with Crippen molar-refractivity contribution in [2.45, 2.75) is 83.7 Å². The van der Waals surface area contributed by atoms with Gasteiger partial charge in [-0.15, -0.1) is 0 Å². The molecule has 1 aromatic carbocycles. The van der Waals surface area contributed by atoms with Crippen LogP contribution in [0.1, 0.15) is 83.1 Å². The average Bonchev–Trinajstić information content (AvgIpc) is 2.73. The minimum Gasteiger partial charge on any atom is -0.491 e. The van der Waals surface area contributed by atoms with Gasteiger partial charge in [-0.2, -0.15) is 4.39 Å². The Morgan fingerprint density at radius 3 is 2.46 bits per heavy atom. The second kappa shape index (κ2) is 10.4. The van der Waals surface area contributed by atoms with E-state index in [4.69, 9.17) is 9.47 Å². The molecule has 1 fully saturated rings. The molecule has 3 rings (SSSR count). The molecule has 0 saturated heterocycles. The Morgan fingerprint density at radius 1 is 1.04 bits per heavy atom. The molecular formula is C24H34F2O2. The number of hydrogen-bond donors (Lipinski definition) is 0. The summed E-state index contributed by atoms with van der Waals surface area (Å²) < 4.78 is 40.0. The predicted octanol–water partition coefficient (Wildman–Crippen LogP) is 6.93. The van der Waals surface area contributed by atoms with Crippen molar-refractivity contribution in [3.05, 3.63) is 41.0 Å². The molecule has 0 aromatic heterocycles. The summed E-state index contributed by atoms with van der Waals surface area (Å²) in [5.41, 5.74) is 1.95. The van der Waals surface area contributed by atoms with Gasteiger partial charge < -0.3 is 9.47 Å². The summed E-state index contributed by atoms with van der Waals surface area (Å²) in [7, 11) is 0. The van der Waals surface area contributed by atoms with Crippen molar-refractivity contribution in [3.8, 4) is 5.75 Å². The summed E-state index contributed by atoms with van der Waals surface area (Å²) in [5.74, 6) is -0.958. The van der Waals surface area contributed by atoms with Gasteiger partial charge in [-0.1, -0.05) is 31.9 Å². The largest absolute Gasteiger partial charge is 0.491 e. The van der Waals surface area contributed by atoms with Crippen LogP contribution in [0, 0.1) is 17.6 Å². The van der Waals surface area contributed by atoms with Crippen LogP contribution in [0.25, 0.3) is 0 Å². The molecule has 28 heavy (non-hydrogen) atoms. The smallest absolute Gasteiger partial charge is 0.200 e. The van der Waals surface area contributed by atoms with E-state index >= 15 is 0 Å². The van der Waals surface area contributed by atoms with Crippen LogP contribution in [0.3, 0.4) is 0 Å². The monoisotopic (exact) mass is 392 g/mol. The third-order valence-electron chi connectivity index (χ3n) is 6.34. The van der Waals surface area contributed by atoms with Crippen molar-refractivity contribution < 1.29 is 18.3 Å². The molecule has 1 atom stereocenters. The molecule has 0 bridgehead atoms. The van der Waals surface area contributed by atoms with Crippen molar-refractivity contribution >= 4 is 0 Å². The van der Waals surface area contributed by atoms with Gasteiger partial charge in [0, 0.05) is 0 Å². The summed E-state index contributed by atoms with van der Waals surface area (Å²) in [6.45, 7) is 5.10. The molecule has 0 spiro atoms. The van der Waals surface area contributed by atoms with Crippen LogP contribution in [0.4, 0.5) is 8.78 Å². The third kappa shape index (κ3) is 5.14. The first-order valence-corrected chi connectivity index (χ1v) is 11.0. The number of benzene rings is 1. The van der Waals surface area contributed by atoms with Gasteiger partial charge in [-0.25, -0.2) is 4.39 Å². The number of unbranched alkanes of at least 4 members (excludes halogenated alkanes) is 2. The Labute approximate surface area is 168 Å². The second-order valence-electron chi connectivity index (χ2n) is 8.23. The Bertz CT molecular complexity index is 663. The number of hydrogen-bond acceptors (Lipinski definition) is 2. The molecule has 1 saturated carbocycles. The average molecular weight is 393 g/mol. The van der Waals surface area contributed by atoms with Gasteiger partial charge in [0.25, 0.3) is 0 Å². The molecule has 1 aliphatic heterocycles. The highest BCUT2D eigenvalue weighted by Gasteiger charge is 2.31. The van der Waals surface area contributed by atoms with Gasteiger partial charge in [0.1, 0.15) is 0 Å². The highest BCUT2D eigenvalue weighted by Crippen LogP contribution is 2.41. The molecular weight excluding hydrogens is 358 g/mol. The third-order valence-corrected chi connectivity index (χ3v) is 6.34. The Morgan fingerprint density at radius 2 is 1.82 bits per heavy atom. The zero-order valence-corrected chi connectivity index (χ0v) is 17.3. The van der Waals surface area contributed by atoms with Crippen LogP contribution in [-0.4, -0.2) is 19.3 Å². The standard InChI is InChI=1S/C24H34F2O2/c1-3-5-6-7-17-8-14-21(28-16-17)19-11-9-18(10-12-19)20-13-15-22(27-4-2)24(26)23(20)25/h8,13,15,18-19,21H,3-7,9-12,14,16H2,1-2H3. The lowest BCUT2D eigenvalue weighted by Crippen LogP contribution is -2.30. The molecule has 4 heteroatoms. The lowest BCUT2D eigenvalue weighted by atomic mass is 9.75. The Kier molecular flexibility index (Phi) is 7.90. The first-order chi connectivity index (χ1) is 13.6. The summed E-state index contributed by atoms with van der Waals surface area (Å²) >= 11 is 0. The van der Waals surface area contributed by atoms with Gasteiger partial charge in [0.05, 0.1) is 19.3 Å². The number of ether oxygens (including phenoxy) is 2. The van der Waals surface area contributed by atoms with Crippen LogP contribution in [-0.2, 0) is 4.74 Å². The van der Waals surface area contributed by atoms with E-state index in [2.05, 4.69) is 13.0 Å². The normalized spacial score (nSPS) is 25.4. The van der Waals surface area contributed by atoms with Crippen LogP contribution in [0.15, 0.2) is 23.8 Å². The topological polar surface area (TPSA) is 18.5 Å². The molecule has 0 amide bonds. The fraction of sp³-hybridized carbons (Fsp3) is 0.667. The zero-order valence-electron chi connectivity index (χ0n) is 17.3. The van der Waals surface area contributed by atoms with E-state index in [1.54, 1.807) is 19.1 Å². The Balaban J connectivity index is 1.52. The predicted molar refractivity (Wildman–Crippen MR) is 109 cm³/mol. The molecule has 0 radical (unpaired) electrons. The summed E-state index contributed by atoms with van der Waals surface area (Å²) in [5, 5.41) is 0. The van der Waals surface area contributed by atoms with Crippen molar-refractivity contribution in [1.29, 1.82) is 0 Å². The van der Waals surface area contributed by atoms with Gasteiger partial charge in [-0.05, 0) is 80.9 Å². The van der Waals surface area contributed by atoms with Gasteiger partial charge in [0.15, 0.2) is 11.6 Å². The molecule has 156 valence electrons. The van der Waals surface area contributed by atoms with Crippen LogP contribution in [0.2, 0.25) is 0 Å². The number of halogens is 2. The lowest BCUT2D eigenvalue weighted by Gasteiger charge is -2.35. The van der Waals surface area contributed by atoms with E-state index in [1.807, 2.05) is 0 Å². The fourth-order valence-corrected chi connectivity index (χ4v) is 4.66. The van der Waals surface area contributed by atoms with E-state index in [9.17, 15) is 8.78 Å². The first-order valence-electron chi connectivity index (χ1n) is 11.0. The van der Waals surface area contributed by atoms with E-state index < -0.39 is 11.6 Å². The van der Waals surface area contributed by atoms with Gasteiger partial charge >= 0.3 is 0 Å². The molecule has 1 aromatic rings. The summed E-state index contributed by atoms with van der Waals surface area (Å²) in [4.78, 5) is 0. The Hall–Kier alpha value is -1.42. The highest BCUT2D eigenvalue weighted by atomic mass is 19.2. The maximum Gasteiger partial charge on any atom is 0.200 e. The van der Waals surface area contributed by atoms with E-state index in [1.165, 1.54) is 24.8 Å². The van der Waals surface area contributed by atoms with E-state index in [0.29, 0.717) is 18.1 Å². The van der Waals surface area contributed by atoms with Crippen LogP contribution >= 0.6 is 0 Å². The van der Waals surface area contributed by atoms with Gasteiger partial charge in [0.2, 0.25) is 5.82 Å². The van der Waals surface area contributed by atoms with E-state index in [-0.39, 0.29) is 17.8 Å². The van der Waals surface area contributed by atoms with Crippen molar-refractivity contribution in [2.75, 3.05) is 13.2 Å². The maximum absolute atomic E-state index is 14.5. The second-order valence-corrected chi connectivity index (χ2v) is 8.23. The van der Waals surface area contributed by atoms with E-state index in [0.717, 1.165) is 45.1 Å². The molecule has 0 N–H and O–H groups in total. The highest BCUT2D eigenvalue weighted by molar-refractivity contribution is 5.33. The molecule has 1 aliphatic carbocycles. The summed E-state index contributed by atoms with van der Waals surface area (Å²) in [6.07, 6.45) is 12.4.